The predicted octanol–water partition coefficient (Wildman–Crippen LogP) is 0.488. The second-order valence-corrected chi connectivity index (χ2v) is 11.7. The molecule has 6 atom stereocenters. The van der Waals surface area contributed by atoms with Crippen LogP contribution in [-0.4, -0.2) is 83.8 Å². The van der Waals surface area contributed by atoms with Gasteiger partial charge in [-0.2, -0.15) is 0 Å². The van der Waals surface area contributed by atoms with E-state index in [2.05, 4.69) is 36.9 Å². The van der Waals surface area contributed by atoms with Gasteiger partial charge in [0.1, 0.15) is 18.2 Å². The van der Waals surface area contributed by atoms with Crippen molar-refractivity contribution in [3.05, 3.63) is 24.3 Å². The van der Waals surface area contributed by atoms with Gasteiger partial charge in [-0.15, -0.1) is 16.9 Å². The molecule has 182 valence electrons. The first-order valence-electron chi connectivity index (χ1n) is 11.4. The Kier molecular flexibility index (Phi) is 6.32. The van der Waals surface area contributed by atoms with E-state index in [1.165, 1.54) is 0 Å². The smallest absolute Gasteiger partial charge is 0.245 e. The van der Waals surface area contributed by atoms with Crippen LogP contribution in [0.15, 0.2) is 24.3 Å². The largest absolute Gasteiger partial charge is 0.396 e. The van der Waals surface area contributed by atoms with Crippen LogP contribution in [0.25, 0.3) is 11.0 Å². The lowest BCUT2D eigenvalue weighted by atomic mass is 9.70. The van der Waals surface area contributed by atoms with Crippen LogP contribution in [0.4, 0.5) is 0 Å². The zero-order valence-corrected chi connectivity index (χ0v) is 21.1. The number of aromatic nitrogens is 3. The van der Waals surface area contributed by atoms with Gasteiger partial charge < -0.3 is 20.6 Å². The third kappa shape index (κ3) is 3.53. The van der Waals surface area contributed by atoms with Crippen molar-refractivity contribution < 1.29 is 19.5 Å². The van der Waals surface area contributed by atoms with Crippen molar-refractivity contribution >= 4 is 56.4 Å². The maximum absolute atomic E-state index is 13.7. The third-order valence-corrected chi connectivity index (χ3v) is 10.4. The van der Waals surface area contributed by atoms with Crippen molar-refractivity contribution in [3.8, 4) is 0 Å². The van der Waals surface area contributed by atoms with Gasteiger partial charge in [0, 0.05) is 30.3 Å². The van der Waals surface area contributed by atoms with Gasteiger partial charge in [0.2, 0.25) is 17.7 Å². The molecule has 3 fully saturated rings. The average molecular weight is 551 g/mol. The fourth-order valence-corrected chi connectivity index (χ4v) is 9.43. The minimum atomic E-state index is -0.705. The van der Waals surface area contributed by atoms with Crippen molar-refractivity contribution in [2.24, 2.45) is 11.8 Å². The van der Waals surface area contributed by atoms with Gasteiger partial charge in [-0.3, -0.25) is 14.4 Å². The fourth-order valence-electron chi connectivity index (χ4n) is 5.81. The molecule has 3 aliphatic heterocycles. The number of aliphatic hydroxyl groups is 1. The van der Waals surface area contributed by atoms with Gasteiger partial charge in [-0.05, 0) is 31.4 Å². The number of hydrogen-bond acceptors (Lipinski definition) is 7. The van der Waals surface area contributed by atoms with Crippen LogP contribution in [0.2, 0.25) is 0 Å². The third-order valence-electron chi connectivity index (χ3n) is 7.22. The molecule has 10 nitrogen and oxygen atoms in total. The maximum Gasteiger partial charge on any atom is 0.245 e. The number of nitrogens with one attached hydrogen (secondary N) is 2. The van der Waals surface area contributed by atoms with Crippen LogP contribution in [0.1, 0.15) is 19.3 Å². The molecule has 3 aliphatic rings. The molecular weight excluding hydrogens is 524 g/mol. The molecule has 5 rings (SSSR count). The molecule has 4 heterocycles. The number of para-hydroxylation sites is 1. The van der Waals surface area contributed by atoms with E-state index in [0.29, 0.717) is 25.8 Å². The van der Waals surface area contributed by atoms with E-state index < -0.39 is 22.6 Å². The number of unbranched alkanes of at least 4 members (excludes halogenated alkanes) is 1. The van der Waals surface area contributed by atoms with Crippen LogP contribution in [0, 0.1) is 11.8 Å². The summed E-state index contributed by atoms with van der Waals surface area (Å²) < 4.78 is 0.940. The van der Waals surface area contributed by atoms with Gasteiger partial charge in [0.05, 0.1) is 22.1 Å². The lowest BCUT2D eigenvalue weighted by Gasteiger charge is -2.35. The highest BCUT2D eigenvalue weighted by Crippen LogP contribution is 2.67. The highest BCUT2D eigenvalue weighted by molar-refractivity contribution is 9.09. The number of amides is 3. The molecule has 1 aromatic heterocycles. The summed E-state index contributed by atoms with van der Waals surface area (Å²) in [6.45, 7) is 0.509. The first-order chi connectivity index (χ1) is 16.4. The second kappa shape index (κ2) is 9.12. The minimum absolute atomic E-state index is 0.0218. The van der Waals surface area contributed by atoms with E-state index in [0.717, 1.165) is 11.0 Å². The number of benzene rings is 1. The lowest BCUT2D eigenvalue weighted by Crippen LogP contribution is -2.54. The number of likely N-dealkylation sites (tertiary alicyclic amines) is 1. The number of carbonyl (C=O) groups is 3. The van der Waals surface area contributed by atoms with Crippen molar-refractivity contribution in [1.82, 2.24) is 30.5 Å². The summed E-state index contributed by atoms with van der Waals surface area (Å²) in [7, 11) is 1.58. The summed E-state index contributed by atoms with van der Waals surface area (Å²) >= 11 is 5.33. The molecule has 1 aromatic carbocycles. The SMILES string of the molecule is CNC(=O)[C@H]1[C@H]2C(=O)N(CCCCO)C(C(=O)NCn3nnc4ccccc43)C23CC(Br)[C@@H]1S3. The molecular formula is C22H27BrN6O4S. The number of carbonyl (C=O) groups excluding carboxylic acids is 3. The number of nitrogens with zero attached hydrogens (tertiary/aromatic N) is 4. The zero-order chi connectivity index (χ0) is 24.0. The number of alkyl halides is 1. The summed E-state index contributed by atoms with van der Waals surface area (Å²) in [5, 5.41) is 23.1. The number of fused-ring (bicyclic) bond motifs is 2. The molecule has 3 amide bonds. The highest BCUT2D eigenvalue weighted by Gasteiger charge is 2.75. The van der Waals surface area contributed by atoms with Gasteiger partial charge in [0.25, 0.3) is 0 Å². The Morgan fingerprint density at radius 3 is 2.85 bits per heavy atom. The Balaban J connectivity index is 1.44. The first-order valence-corrected chi connectivity index (χ1v) is 13.2. The Labute approximate surface area is 209 Å². The molecule has 12 heteroatoms. The summed E-state index contributed by atoms with van der Waals surface area (Å²) in [6.07, 6.45) is 1.75. The average Bonchev–Trinajstić information content (AvgIpc) is 3.55. The van der Waals surface area contributed by atoms with E-state index in [9.17, 15) is 19.5 Å². The molecule has 1 spiro atoms. The van der Waals surface area contributed by atoms with E-state index in [1.54, 1.807) is 28.4 Å². The highest BCUT2D eigenvalue weighted by atomic mass is 79.9. The number of thioether (sulfide) groups is 1. The first kappa shape index (κ1) is 23.6. The Morgan fingerprint density at radius 1 is 1.29 bits per heavy atom. The Morgan fingerprint density at radius 2 is 2.09 bits per heavy atom. The van der Waals surface area contributed by atoms with Crippen molar-refractivity contribution in [2.45, 2.75) is 46.8 Å². The topological polar surface area (TPSA) is 129 Å². The summed E-state index contributed by atoms with van der Waals surface area (Å²) in [5.74, 6) is -1.60. The molecule has 2 aromatic rings. The van der Waals surface area contributed by atoms with E-state index in [1.807, 2.05) is 24.3 Å². The van der Waals surface area contributed by atoms with Crippen LogP contribution < -0.4 is 10.6 Å². The molecule has 0 radical (unpaired) electrons. The lowest BCUT2D eigenvalue weighted by molar-refractivity contribution is -0.140. The fraction of sp³-hybridized carbons (Fsp3) is 0.591. The molecule has 34 heavy (non-hydrogen) atoms. The van der Waals surface area contributed by atoms with Crippen LogP contribution >= 0.6 is 27.7 Å². The van der Waals surface area contributed by atoms with E-state index in [4.69, 9.17) is 0 Å². The molecule has 2 bridgehead atoms. The molecule has 3 unspecified atom stereocenters. The normalized spacial score (nSPS) is 31.8. The van der Waals surface area contributed by atoms with Gasteiger partial charge in [0.15, 0.2) is 0 Å². The minimum Gasteiger partial charge on any atom is -0.396 e. The summed E-state index contributed by atoms with van der Waals surface area (Å²) in [6, 6.07) is 6.79. The van der Waals surface area contributed by atoms with Crippen molar-refractivity contribution in [2.75, 3.05) is 20.2 Å². The van der Waals surface area contributed by atoms with Crippen LogP contribution in [0.3, 0.4) is 0 Å². The number of rotatable bonds is 8. The standard InChI is InChI=1S/C22H27BrN6O4S/c1-24-19(31)15-16-21(33)28(8-4-5-9-30)18(22(16)10-12(23)17(15)34-22)20(32)25-11-29-14-7-3-2-6-13(14)26-27-29/h2-3,6-7,12,15-18,30H,4-5,8-11H2,1H3,(H,24,31)(H,25,32)/t12?,15-,16-,17-,18?,22?/m0/s1. The number of hydrogen-bond donors (Lipinski definition) is 3. The molecule has 0 saturated carbocycles. The predicted molar refractivity (Wildman–Crippen MR) is 130 cm³/mol. The number of halogens is 1. The van der Waals surface area contributed by atoms with Gasteiger partial charge in [-0.1, -0.05) is 33.3 Å². The summed E-state index contributed by atoms with van der Waals surface area (Å²) in [4.78, 5) is 41.9. The van der Waals surface area contributed by atoms with E-state index in [-0.39, 0.29) is 41.1 Å². The molecule has 3 N–H and O–H groups in total. The Bertz CT molecular complexity index is 1130. The quantitative estimate of drug-likeness (QED) is 0.322. The zero-order valence-electron chi connectivity index (χ0n) is 18.7. The molecule has 3 saturated heterocycles. The van der Waals surface area contributed by atoms with Crippen molar-refractivity contribution in [3.63, 3.8) is 0 Å². The number of aliphatic hydroxyl groups excluding tert-OH is 1. The Hall–Kier alpha value is -2.18. The van der Waals surface area contributed by atoms with Gasteiger partial charge in [-0.25, -0.2) is 4.68 Å². The van der Waals surface area contributed by atoms with Gasteiger partial charge >= 0.3 is 0 Å². The summed E-state index contributed by atoms with van der Waals surface area (Å²) in [5.41, 5.74) is 1.54. The van der Waals surface area contributed by atoms with Crippen molar-refractivity contribution in [1.29, 1.82) is 0 Å². The van der Waals surface area contributed by atoms with E-state index >= 15 is 0 Å². The molecule has 0 aliphatic carbocycles. The monoisotopic (exact) mass is 550 g/mol. The maximum atomic E-state index is 13.7. The second-order valence-electron chi connectivity index (χ2n) is 9.02. The van der Waals surface area contributed by atoms with Crippen LogP contribution in [0.5, 0.6) is 0 Å². The van der Waals surface area contributed by atoms with Crippen LogP contribution in [-0.2, 0) is 21.1 Å².